The van der Waals surface area contributed by atoms with Crippen LogP contribution in [0.1, 0.15) is 50.0 Å². The zero-order chi connectivity index (χ0) is 18.7. The molecule has 2 aliphatic rings. The van der Waals surface area contributed by atoms with Gasteiger partial charge in [0.15, 0.2) is 17.4 Å². The van der Waals surface area contributed by atoms with Gasteiger partial charge in [0.1, 0.15) is 0 Å². The van der Waals surface area contributed by atoms with E-state index in [1.807, 2.05) is 0 Å². The van der Waals surface area contributed by atoms with Crippen molar-refractivity contribution in [2.75, 3.05) is 6.61 Å². The summed E-state index contributed by atoms with van der Waals surface area (Å²) in [5.74, 6) is -2.00. The molecule has 26 heavy (non-hydrogen) atoms. The molecule has 1 aromatic rings. The fourth-order valence-corrected chi connectivity index (χ4v) is 4.52. The van der Waals surface area contributed by atoms with E-state index in [9.17, 15) is 17.6 Å². The quantitative estimate of drug-likeness (QED) is 0.463. The molecule has 0 amide bonds. The van der Waals surface area contributed by atoms with Gasteiger partial charge >= 0.3 is 6.61 Å². The van der Waals surface area contributed by atoms with E-state index in [-0.39, 0.29) is 12.0 Å². The molecule has 6 heteroatoms. The first-order chi connectivity index (χ1) is 12.5. The van der Waals surface area contributed by atoms with Crippen LogP contribution in [0.3, 0.4) is 0 Å². The van der Waals surface area contributed by atoms with E-state index >= 15 is 0 Å². The van der Waals surface area contributed by atoms with E-state index in [1.165, 1.54) is 0 Å². The summed E-state index contributed by atoms with van der Waals surface area (Å²) >= 11 is 0. The second-order valence-electron chi connectivity index (χ2n) is 7.28. The van der Waals surface area contributed by atoms with Gasteiger partial charge in [-0.15, -0.1) is 6.58 Å². The zero-order valence-corrected chi connectivity index (χ0v) is 14.6. The molecular weight excluding hydrogens is 348 g/mol. The van der Waals surface area contributed by atoms with E-state index in [1.54, 1.807) is 6.08 Å². The van der Waals surface area contributed by atoms with Gasteiger partial charge in [-0.25, -0.2) is 8.78 Å². The van der Waals surface area contributed by atoms with Crippen molar-refractivity contribution in [2.24, 2.45) is 11.8 Å². The van der Waals surface area contributed by atoms with Crippen LogP contribution in [0.15, 0.2) is 24.8 Å². The van der Waals surface area contributed by atoms with Gasteiger partial charge in [0, 0.05) is 0 Å². The Hall–Kier alpha value is -1.56. The summed E-state index contributed by atoms with van der Waals surface area (Å²) in [6.45, 7) is 0.984. The summed E-state index contributed by atoms with van der Waals surface area (Å²) in [5, 5.41) is 0. The Kier molecular flexibility index (Phi) is 6.22. The summed E-state index contributed by atoms with van der Waals surface area (Å²) in [4.78, 5) is 0. The number of hydrogen-bond donors (Lipinski definition) is 0. The van der Waals surface area contributed by atoms with Gasteiger partial charge in [-0.05, 0) is 74.0 Å². The number of fused-ring (bicyclic) bond motifs is 1. The molecule has 0 saturated heterocycles. The monoisotopic (exact) mass is 372 g/mol. The number of ether oxygens (including phenoxy) is 2. The lowest BCUT2D eigenvalue weighted by Crippen LogP contribution is -2.33. The van der Waals surface area contributed by atoms with Crippen molar-refractivity contribution >= 4 is 0 Å². The van der Waals surface area contributed by atoms with E-state index in [4.69, 9.17) is 4.74 Å². The number of alkyl halides is 2. The second kappa shape index (κ2) is 8.42. The van der Waals surface area contributed by atoms with Gasteiger partial charge < -0.3 is 9.47 Å². The minimum atomic E-state index is -3.25. The molecule has 2 saturated carbocycles. The van der Waals surface area contributed by atoms with Gasteiger partial charge in [-0.1, -0.05) is 6.08 Å². The SMILES string of the molecule is C=CCOC1CCC2CC(c3cc(F)c(OC(F)F)c(F)c3)CCC2C1. The molecule has 3 rings (SSSR count). The lowest BCUT2D eigenvalue weighted by molar-refractivity contribution is -0.0547. The summed E-state index contributed by atoms with van der Waals surface area (Å²) in [7, 11) is 0. The van der Waals surface area contributed by atoms with Crippen LogP contribution in [0.4, 0.5) is 17.6 Å². The number of rotatable bonds is 6. The molecule has 0 spiro atoms. The Morgan fingerprint density at radius 1 is 1.04 bits per heavy atom. The first-order valence-corrected chi connectivity index (χ1v) is 9.14. The Morgan fingerprint density at radius 3 is 2.35 bits per heavy atom. The third-order valence-corrected chi connectivity index (χ3v) is 5.71. The van der Waals surface area contributed by atoms with Crippen molar-refractivity contribution < 1.29 is 27.0 Å². The minimum absolute atomic E-state index is 0.0477. The third-order valence-electron chi connectivity index (χ3n) is 5.71. The highest BCUT2D eigenvalue weighted by Crippen LogP contribution is 2.47. The van der Waals surface area contributed by atoms with Crippen LogP contribution in [0.25, 0.3) is 0 Å². The number of halogens is 4. The largest absolute Gasteiger partial charge is 0.429 e. The molecule has 0 aliphatic heterocycles. The minimum Gasteiger partial charge on any atom is -0.429 e. The van der Waals surface area contributed by atoms with Gasteiger partial charge in [0.25, 0.3) is 0 Å². The molecule has 0 N–H and O–H groups in total. The maximum absolute atomic E-state index is 14.0. The normalized spacial score (nSPS) is 28.7. The lowest BCUT2D eigenvalue weighted by atomic mass is 9.65. The van der Waals surface area contributed by atoms with Crippen molar-refractivity contribution in [2.45, 2.75) is 57.2 Å². The molecule has 2 aliphatic carbocycles. The fourth-order valence-electron chi connectivity index (χ4n) is 4.52. The van der Waals surface area contributed by atoms with Crippen molar-refractivity contribution in [1.82, 2.24) is 0 Å². The van der Waals surface area contributed by atoms with E-state index < -0.39 is 24.0 Å². The smallest absolute Gasteiger partial charge is 0.387 e. The summed E-state index contributed by atoms with van der Waals surface area (Å²) in [6.07, 6.45) is 7.78. The van der Waals surface area contributed by atoms with E-state index in [0.29, 0.717) is 24.0 Å². The predicted molar refractivity (Wildman–Crippen MR) is 90.4 cm³/mol. The predicted octanol–water partition coefficient (Wildman–Crippen LogP) is 5.82. The van der Waals surface area contributed by atoms with Crippen LogP contribution in [0.2, 0.25) is 0 Å². The molecule has 0 radical (unpaired) electrons. The molecule has 4 unspecified atom stereocenters. The molecule has 0 bridgehead atoms. The number of hydrogen-bond acceptors (Lipinski definition) is 2. The summed E-state index contributed by atoms with van der Waals surface area (Å²) < 4.78 is 62.3. The average Bonchev–Trinajstić information content (AvgIpc) is 2.62. The standard InChI is InChI=1S/C20H24F4O2/c1-2-7-25-16-6-5-12-8-13(3-4-14(12)9-16)15-10-17(21)19(18(22)11-15)26-20(23)24/h2,10-14,16,20H,1,3-9H2. The van der Waals surface area contributed by atoms with Crippen molar-refractivity contribution in [3.05, 3.63) is 42.0 Å². The van der Waals surface area contributed by atoms with Crippen LogP contribution in [0.5, 0.6) is 5.75 Å². The van der Waals surface area contributed by atoms with Gasteiger partial charge in [0.05, 0.1) is 12.7 Å². The highest BCUT2D eigenvalue weighted by Gasteiger charge is 2.36. The third kappa shape index (κ3) is 4.40. The maximum Gasteiger partial charge on any atom is 0.387 e. The Labute approximate surface area is 151 Å². The van der Waals surface area contributed by atoms with Crippen molar-refractivity contribution in [1.29, 1.82) is 0 Å². The van der Waals surface area contributed by atoms with Gasteiger partial charge in [0.2, 0.25) is 0 Å². The van der Waals surface area contributed by atoms with Crippen LogP contribution in [0, 0.1) is 23.5 Å². The van der Waals surface area contributed by atoms with E-state index in [2.05, 4.69) is 11.3 Å². The number of benzene rings is 1. The first kappa shape index (κ1) is 19.2. The van der Waals surface area contributed by atoms with Gasteiger partial charge in [-0.3, -0.25) is 0 Å². The molecule has 144 valence electrons. The van der Waals surface area contributed by atoms with Crippen LogP contribution in [-0.2, 0) is 4.74 Å². The first-order valence-electron chi connectivity index (χ1n) is 9.14. The molecular formula is C20H24F4O2. The molecule has 2 nitrogen and oxygen atoms in total. The molecule has 0 aromatic heterocycles. The van der Waals surface area contributed by atoms with Crippen molar-refractivity contribution in [3.8, 4) is 5.75 Å². The van der Waals surface area contributed by atoms with E-state index in [0.717, 1.165) is 50.7 Å². The highest BCUT2D eigenvalue weighted by atomic mass is 19.3. The topological polar surface area (TPSA) is 18.5 Å². The summed E-state index contributed by atoms with van der Waals surface area (Å²) in [5.41, 5.74) is 0.532. The molecule has 2 fully saturated rings. The Morgan fingerprint density at radius 2 is 1.69 bits per heavy atom. The van der Waals surface area contributed by atoms with Crippen molar-refractivity contribution in [3.63, 3.8) is 0 Å². The second-order valence-corrected chi connectivity index (χ2v) is 7.28. The van der Waals surface area contributed by atoms with Crippen LogP contribution < -0.4 is 4.74 Å². The van der Waals surface area contributed by atoms with Crippen LogP contribution >= 0.6 is 0 Å². The Bertz CT molecular complexity index is 611. The zero-order valence-electron chi connectivity index (χ0n) is 14.6. The molecule has 1 aromatic carbocycles. The fraction of sp³-hybridized carbons (Fsp3) is 0.600. The summed E-state index contributed by atoms with van der Waals surface area (Å²) in [6, 6.07) is 2.29. The van der Waals surface area contributed by atoms with Gasteiger partial charge in [-0.2, -0.15) is 8.78 Å². The molecule has 0 heterocycles. The average molecular weight is 372 g/mol. The molecule has 4 atom stereocenters. The lowest BCUT2D eigenvalue weighted by Gasteiger charge is -2.42. The Balaban J connectivity index is 1.65. The highest BCUT2D eigenvalue weighted by molar-refractivity contribution is 5.33. The van der Waals surface area contributed by atoms with Crippen LogP contribution in [-0.4, -0.2) is 19.3 Å². The maximum atomic E-state index is 14.0.